The SMILES string of the molecule is C=CCOc1ccc(C(Cc2ccncc2)c2ccccc2)cc1OC1CCCC1.Cl. The summed E-state index contributed by atoms with van der Waals surface area (Å²) in [6, 6.07) is 21.2. The van der Waals surface area contributed by atoms with Crippen LogP contribution in [0.4, 0.5) is 0 Å². The number of ether oxygens (including phenoxy) is 2. The van der Waals surface area contributed by atoms with E-state index in [1.807, 2.05) is 18.5 Å². The van der Waals surface area contributed by atoms with E-state index in [-0.39, 0.29) is 24.4 Å². The van der Waals surface area contributed by atoms with Crippen molar-refractivity contribution in [3.05, 3.63) is 102 Å². The van der Waals surface area contributed by atoms with Crippen molar-refractivity contribution in [2.45, 2.75) is 44.1 Å². The highest BCUT2D eigenvalue weighted by Crippen LogP contribution is 2.37. The van der Waals surface area contributed by atoms with Gasteiger partial charge in [0.15, 0.2) is 11.5 Å². The van der Waals surface area contributed by atoms with Crippen molar-refractivity contribution in [2.24, 2.45) is 0 Å². The molecule has 4 heteroatoms. The van der Waals surface area contributed by atoms with E-state index in [9.17, 15) is 0 Å². The second kappa shape index (κ2) is 11.6. The zero-order valence-corrected chi connectivity index (χ0v) is 18.6. The molecule has 4 rings (SSSR count). The molecular weight excluding hydrogens is 406 g/mol. The molecule has 2 aromatic carbocycles. The lowest BCUT2D eigenvalue weighted by Gasteiger charge is -2.22. The predicted octanol–water partition coefficient (Wildman–Crippen LogP) is 6.76. The Bertz CT molecular complexity index is 940. The highest BCUT2D eigenvalue weighted by molar-refractivity contribution is 5.85. The zero-order chi connectivity index (χ0) is 20.6. The van der Waals surface area contributed by atoms with E-state index >= 15 is 0 Å². The minimum absolute atomic E-state index is 0. The van der Waals surface area contributed by atoms with Crippen molar-refractivity contribution in [3.8, 4) is 11.5 Å². The number of pyridine rings is 1. The fraction of sp³-hybridized carbons (Fsp3) is 0.296. The van der Waals surface area contributed by atoms with Gasteiger partial charge >= 0.3 is 0 Å². The van der Waals surface area contributed by atoms with Crippen molar-refractivity contribution in [2.75, 3.05) is 6.61 Å². The molecule has 1 aliphatic rings. The van der Waals surface area contributed by atoms with Gasteiger partial charge < -0.3 is 9.47 Å². The average Bonchev–Trinajstić information content (AvgIpc) is 3.31. The van der Waals surface area contributed by atoms with E-state index in [0.717, 1.165) is 30.8 Å². The van der Waals surface area contributed by atoms with Crippen molar-refractivity contribution in [3.63, 3.8) is 0 Å². The summed E-state index contributed by atoms with van der Waals surface area (Å²) in [5, 5.41) is 0. The third-order valence-corrected chi connectivity index (χ3v) is 5.71. The molecule has 0 radical (unpaired) electrons. The molecule has 1 atom stereocenters. The smallest absolute Gasteiger partial charge is 0.161 e. The van der Waals surface area contributed by atoms with Crippen molar-refractivity contribution < 1.29 is 9.47 Å². The van der Waals surface area contributed by atoms with Crippen LogP contribution in [0.15, 0.2) is 85.7 Å². The van der Waals surface area contributed by atoms with Crippen LogP contribution in [0.5, 0.6) is 11.5 Å². The van der Waals surface area contributed by atoms with Crippen LogP contribution in [0.2, 0.25) is 0 Å². The normalized spacial score (nSPS) is 14.5. The van der Waals surface area contributed by atoms with E-state index in [4.69, 9.17) is 9.47 Å². The third-order valence-electron chi connectivity index (χ3n) is 5.71. The summed E-state index contributed by atoms with van der Waals surface area (Å²) >= 11 is 0. The Labute approximate surface area is 191 Å². The molecule has 3 nitrogen and oxygen atoms in total. The molecule has 1 saturated carbocycles. The van der Waals surface area contributed by atoms with Crippen LogP contribution in [0.25, 0.3) is 0 Å². The molecule has 1 aliphatic carbocycles. The lowest BCUT2D eigenvalue weighted by Crippen LogP contribution is -2.13. The van der Waals surface area contributed by atoms with Crippen LogP contribution in [0.1, 0.15) is 48.3 Å². The summed E-state index contributed by atoms with van der Waals surface area (Å²) in [6.45, 7) is 4.24. The van der Waals surface area contributed by atoms with Crippen molar-refractivity contribution in [1.29, 1.82) is 0 Å². The molecule has 0 bridgehead atoms. The molecule has 0 spiro atoms. The van der Waals surface area contributed by atoms with Crippen molar-refractivity contribution in [1.82, 2.24) is 4.98 Å². The number of hydrogen-bond acceptors (Lipinski definition) is 3. The van der Waals surface area contributed by atoms with E-state index in [1.54, 1.807) is 6.08 Å². The van der Waals surface area contributed by atoms with Crippen LogP contribution in [0.3, 0.4) is 0 Å². The van der Waals surface area contributed by atoms with Gasteiger partial charge in [0, 0.05) is 18.3 Å². The Balaban J connectivity index is 0.00000272. The first-order valence-corrected chi connectivity index (χ1v) is 10.8. The molecule has 3 aromatic rings. The quantitative estimate of drug-likeness (QED) is 0.348. The fourth-order valence-electron chi connectivity index (χ4n) is 4.16. The standard InChI is InChI=1S/C27H29NO2.ClH/c1-2-18-29-26-13-12-23(20-27(26)30-24-10-6-7-11-24)25(22-8-4-3-5-9-22)19-21-14-16-28-17-15-21;/h2-5,8-9,12-17,20,24-25H,1,6-7,10-11,18-19H2;1H. The Morgan fingerprint density at radius 1 is 0.935 bits per heavy atom. The molecule has 1 heterocycles. The van der Waals surface area contributed by atoms with Gasteiger partial charge in [-0.3, -0.25) is 4.98 Å². The minimum Gasteiger partial charge on any atom is -0.487 e. The summed E-state index contributed by atoms with van der Waals surface area (Å²) in [4.78, 5) is 4.17. The first-order valence-electron chi connectivity index (χ1n) is 10.8. The van der Waals surface area contributed by atoms with E-state index < -0.39 is 0 Å². The zero-order valence-electron chi connectivity index (χ0n) is 17.8. The summed E-state index contributed by atoms with van der Waals surface area (Å²) < 4.78 is 12.3. The topological polar surface area (TPSA) is 31.4 Å². The Hall–Kier alpha value is -2.78. The summed E-state index contributed by atoms with van der Waals surface area (Å²) in [7, 11) is 0. The van der Waals surface area contributed by atoms with Gasteiger partial charge in [-0.05, 0) is 73.1 Å². The minimum atomic E-state index is 0. The lowest BCUT2D eigenvalue weighted by atomic mass is 9.86. The molecule has 162 valence electrons. The van der Waals surface area contributed by atoms with Crippen LogP contribution >= 0.6 is 12.4 Å². The first-order chi connectivity index (χ1) is 14.8. The number of rotatable bonds is 9. The number of aromatic nitrogens is 1. The third kappa shape index (κ3) is 6.11. The summed E-state index contributed by atoms with van der Waals surface area (Å²) in [5.41, 5.74) is 3.79. The molecular formula is C27H30ClNO2. The van der Waals surface area contributed by atoms with Crippen LogP contribution in [0, 0.1) is 0 Å². The van der Waals surface area contributed by atoms with Gasteiger partial charge in [-0.15, -0.1) is 12.4 Å². The Kier molecular flexibility index (Phi) is 8.54. The Morgan fingerprint density at radius 3 is 2.39 bits per heavy atom. The van der Waals surface area contributed by atoms with Gasteiger partial charge in [-0.1, -0.05) is 49.1 Å². The van der Waals surface area contributed by atoms with E-state index in [1.165, 1.54) is 29.5 Å². The van der Waals surface area contributed by atoms with Gasteiger partial charge in [0.1, 0.15) is 6.61 Å². The largest absolute Gasteiger partial charge is 0.487 e. The molecule has 1 fully saturated rings. The number of benzene rings is 2. The molecule has 31 heavy (non-hydrogen) atoms. The maximum Gasteiger partial charge on any atom is 0.161 e. The second-order valence-corrected chi connectivity index (χ2v) is 7.85. The Morgan fingerprint density at radius 2 is 1.68 bits per heavy atom. The molecule has 0 N–H and O–H groups in total. The summed E-state index contributed by atoms with van der Waals surface area (Å²) in [6.07, 6.45) is 11.4. The predicted molar refractivity (Wildman–Crippen MR) is 128 cm³/mol. The number of nitrogens with zero attached hydrogens (tertiary/aromatic N) is 1. The van der Waals surface area contributed by atoms with Gasteiger partial charge in [0.05, 0.1) is 6.10 Å². The van der Waals surface area contributed by atoms with Gasteiger partial charge in [0.2, 0.25) is 0 Å². The van der Waals surface area contributed by atoms with Gasteiger partial charge in [-0.2, -0.15) is 0 Å². The molecule has 1 unspecified atom stereocenters. The summed E-state index contributed by atoms with van der Waals surface area (Å²) in [5.74, 6) is 1.87. The number of halogens is 1. The fourth-order valence-corrected chi connectivity index (χ4v) is 4.16. The first kappa shape index (κ1) is 22.9. The number of hydrogen-bond donors (Lipinski definition) is 0. The van der Waals surface area contributed by atoms with E-state index in [0.29, 0.717) is 6.61 Å². The maximum absolute atomic E-state index is 6.41. The lowest BCUT2D eigenvalue weighted by molar-refractivity contribution is 0.198. The van der Waals surface area contributed by atoms with Crippen LogP contribution in [-0.2, 0) is 6.42 Å². The highest BCUT2D eigenvalue weighted by atomic mass is 35.5. The molecule has 0 amide bonds. The molecule has 0 saturated heterocycles. The highest BCUT2D eigenvalue weighted by Gasteiger charge is 2.21. The van der Waals surface area contributed by atoms with Crippen molar-refractivity contribution >= 4 is 12.4 Å². The average molecular weight is 436 g/mol. The second-order valence-electron chi connectivity index (χ2n) is 7.85. The van der Waals surface area contributed by atoms with E-state index in [2.05, 4.69) is 66.2 Å². The maximum atomic E-state index is 6.41. The van der Waals surface area contributed by atoms with Crippen LogP contribution in [-0.4, -0.2) is 17.7 Å². The van der Waals surface area contributed by atoms with Gasteiger partial charge in [-0.25, -0.2) is 0 Å². The van der Waals surface area contributed by atoms with Gasteiger partial charge in [0.25, 0.3) is 0 Å². The molecule has 1 aromatic heterocycles. The molecule has 0 aliphatic heterocycles. The van der Waals surface area contributed by atoms with Crippen LogP contribution < -0.4 is 9.47 Å². The monoisotopic (exact) mass is 435 g/mol.